The van der Waals surface area contributed by atoms with Crippen LogP contribution in [0.3, 0.4) is 0 Å². The number of rotatable bonds is 1. The van der Waals surface area contributed by atoms with Crippen molar-refractivity contribution in [3.63, 3.8) is 0 Å². The summed E-state index contributed by atoms with van der Waals surface area (Å²) in [6, 6.07) is 13.2. The fourth-order valence-electron chi connectivity index (χ4n) is 3.91. The van der Waals surface area contributed by atoms with E-state index in [1.807, 2.05) is 61.0 Å². The lowest BCUT2D eigenvalue weighted by molar-refractivity contribution is 0.102. The summed E-state index contributed by atoms with van der Waals surface area (Å²) in [6.07, 6.45) is 5.25. The highest BCUT2D eigenvalue weighted by Crippen LogP contribution is 2.31. The van der Waals surface area contributed by atoms with Crippen molar-refractivity contribution in [3.05, 3.63) is 71.8 Å². The first-order valence-electron chi connectivity index (χ1n) is 11.0. The number of hydrogen-bond acceptors (Lipinski definition) is 6. The average Bonchev–Trinajstić information content (AvgIpc) is 3.28. The van der Waals surface area contributed by atoms with Crippen molar-refractivity contribution >= 4 is 11.7 Å². The van der Waals surface area contributed by atoms with Crippen LogP contribution < -0.4 is 10.1 Å². The second-order valence-electron chi connectivity index (χ2n) is 8.12. The van der Waals surface area contributed by atoms with Crippen molar-refractivity contribution in [1.29, 1.82) is 0 Å². The van der Waals surface area contributed by atoms with Gasteiger partial charge in [0.15, 0.2) is 5.82 Å². The van der Waals surface area contributed by atoms with Crippen LogP contribution in [0.15, 0.2) is 55.0 Å². The number of ether oxygens (including phenoxy) is 1. The summed E-state index contributed by atoms with van der Waals surface area (Å²) in [5, 5.41) is 11.2. The zero-order chi connectivity index (χ0) is 22.8. The van der Waals surface area contributed by atoms with E-state index in [0.717, 1.165) is 41.8 Å². The van der Waals surface area contributed by atoms with Crippen LogP contribution in [-0.4, -0.2) is 37.2 Å². The lowest BCUT2D eigenvalue weighted by Crippen LogP contribution is -2.16. The smallest absolute Gasteiger partial charge is 0.260 e. The zero-order valence-electron chi connectivity index (χ0n) is 18.6. The maximum Gasteiger partial charge on any atom is 0.260 e. The van der Waals surface area contributed by atoms with Crippen molar-refractivity contribution in [2.24, 2.45) is 0 Å². The van der Waals surface area contributed by atoms with Crippen molar-refractivity contribution in [3.8, 4) is 28.4 Å². The molecule has 8 heteroatoms. The number of fused-ring (bicyclic) bond motifs is 5. The van der Waals surface area contributed by atoms with E-state index in [0.29, 0.717) is 35.3 Å². The molecule has 1 aliphatic heterocycles. The van der Waals surface area contributed by atoms with Gasteiger partial charge in [-0.2, -0.15) is 0 Å². The number of nitrogens with one attached hydrogen (secondary N) is 1. The molecule has 1 aliphatic rings. The standard InChI is InChI=1S/C25H24N6O2/c1-16-12-22-20(13-19(16)18-9-8-17(2)26-14-18)25(32)29-23-7-5-6-21(28-23)24-30-27-15-31(24)10-3-4-11-33-22/h5-9,12-15H,3-4,10-11H2,1-2H3,(H,28,29,32). The Hall–Kier alpha value is -4.07. The lowest BCUT2D eigenvalue weighted by Gasteiger charge is -2.17. The number of nitrogens with zero attached hydrogens (tertiary/aromatic N) is 5. The van der Waals surface area contributed by atoms with Crippen LogP contribution in [-0.2, 0) is 6.54 Å². The van der Waals surface area contributed by atoms with Gasteiger partial charge in [-0.1, -0.05) is 12.1 Å². The van der Waals surface area contributed by atoms with E-state index < -0.39 is 0 Å². The molecular formula is C25H24N6O2. The molecule has 2 bridgehead atoms. The Morgan fingerprint density at radius 3 is 2.82 bits per heavy atom. The molecule has 4 aromatic rings. The normalized spacial score (nSPS) is 13.8. The fraction of sp³-hybridized carbons (Fsp3) is 0.240. The summed E-state index contributed by atoms with van der Waals surface area (Å²) in [7, 11) is 0. The van der Waals surface area contributed by atoms with Crippen LogP contribution in [0.1, 0.15) is 34.5 Å². The SMILES string of the molecule is Cc1ccc(-c2cc3c(cc2C)OCCCCn2cnnc2-c2cccc(n2)NC3=O)cn1. The Balaban J connectivity index is 1.56. The van der Waals surface area contributed by atoms with Crippen LogP contribution in [0.5, 0.6) is 5.75 Å². The number of pyridine rings is 2. The maximum atomic E-state index is 13.3. The molecule has 0 aliphatic carbocycles. The Kier molecular flexibility index (Phi) is 5.56. The van der Waals surface area contributed by atoms with E-state index in [9.17, 15) is 4.79 Å². The predicted molar refractivity (Wildman–Crippen MR) is 125 cm³/mol. The highest BCUT2D eigenvalue weighted by molar-refractivity contribution is 6.06. The van der Waals surface area contributed by atoms with Crippen LogP contribution in [0.4, 0.5) is 5.82 Å². The van der Waals surface area contributed by atoms with Crippen LogP contribution in [0.25, 0.3) is 22.6 Å². The Morgan fingerprint density at radius 1 is 1.06 bits per heavy atom. The van der Waals surface area contributed by atoms with Crippen molar-refractivity contribution in [1.82, 2.24) is 24.7 Å². The summed E-state index contributed by atoms with van der Waals surface area (Å²) < 4.78 is 8.05. The van der Waals surface area contributed by atoms with Crippen LogP contribution >= 0.6 is 0 Å². The van der Waals surface area contributed by atoms with Crippen LogP contribution in [0.2, 0.25) is 0 Å². The number of carbonyl (C=O) groups excluding carboxylic acids is 1. The maximum absolute atomic E-state index is 13.3. The van der Waals surface area contributed by atoms with E-state index in [1.54, 1.807) is 12.4 Å². The van der Waals surface area contributed by atoms with Gasteiger partial charge < -0.3 is 14.6 Å². The average molecular weight is 441 g/mol. The quantitative estimate of drug-likeness (QED) is 0.470. The van der Waals surface area contributed by atoms with Crippen LogP contribution in [0, 0.1) is 13.8 Å². The van der Waals surface area contributed by atoms with Gasteiger partial charge in [0.25, 0.3) is 5.91 Å². The zero-order valence-corrected chi connectivity index (χ0v) is 18.6. The first-order valence-corrected chi connectivity index (χ1v) is 11.0. The fourth-order valence-corrected chi connectivity index (χ4v) is 3.91. The monoisotopic (exact) mass is 440 g/mol. The van der Waals surface area contributed by atoms with Gasteiger partial charge in [-0.15, -0.1) is 10.2 Å². The molecule has 0 radical (unpaired) electrons. The summed E-state index contributed by atoms with van der Waals surface area (Å²) in [6.45, 7) is 5.23. The van der Waals surface area contributed by atoms with Gasteiger partial charge in [0, 0.05) is 24.0 Å². The summed E-state index contributed by atoms with van der Waals surface area (Å²) in [4.78, 5) is 22.4. The van der Waals surface area contributed by atoms with Gasteiger partial charge in [-0.05, 0) is 68.1 Å². The molecule has 8 nitrogen and oxygen atoms in total. The van der Waals surface area contributed by atoms with Crippen molar-refractivity contribution < 1.29 is 9.53 Å². The molecule has 0 unspecified atom stereocenters. The molecule has 0 saturated carbocycles. The Bertz CT molecular complexity index is 1310. The lowest BCUT2D eigenvalue weighted by atomic mass is 9.98. The van der Waals surface area contributed by atoms with E-state index in [-0.39, 0.29) is 5.91 Å². The third-order valence-corrected chi connectivity index (χ3v) is 5.68. The molecule has 1 aromatic carbocycles. The van der Waals surface area contributed by atoms with Gasteiger partial charge in [0.05, 0.1) is 12.2 Å². The number of carbonyl (C=O) groups is 1. The predicted octanol–water partition coefficient (Wildman–Crippen LogP) is 4.44. The number of benzene rings is 1. The first-order chi connectivity index (χ1) is 16.1. The second kappa shape index (κ2) is 8.82. The second-order valence-corrected chi connectivity index (χ2v) is 8.12. The summed E-state index contributed by atoms with van der Waals surface area (Å²) in [5.74, 6) is 1.39. The van der Waals surface area contributed by atoms with Gasteiger partial charge in [-0.25, -0.2) is 4.98 Å². The molecule has 0 saturated heterocycles. The minimum atomic E-state index is -0.283. The molecular weight excluding hydrogens is 416 g/mol. The molecule has 33 heavy (non-hydrogen) atoms. The van der Waals surface area contributed by atoms with E-state index in [4.69, 9.17) is 4.74 Å². The van der Waals surface area contributed by atoms with Gasteiger partial charge in [0.2, 0.25) is 0 Å². The summed E-state index contributed by atoms with van der Waals surface area (Å²) >= 11 is 0. The minimum Gasteiger partial charge on any atom is -0.493 e. The molecule has 4 heterocycles. The van der Waals surface area contributed by atoms with E-state index in [1.165, 1.54) is 0 Å². The molecule has 3 aromatic heterocycles. The van der Waals surface area contributed by atoms with Gasteiger partial charge >= 0.3 is 0 Å². The Labute approximate surface area is 191 Å². The molecule has 0 atom stereocenters. The Morgan fingerprint density at radius 2 is 1.97 bits per heavy atom. The highest BCUT2D eigenvalue weighted by Gasteiger charge is 2.19. The number of aryl methyl sites for hydroxylation is 3. The van der Waals surface area contributed by atoms with E-state index >= 15 is 0 Å². The van der Waals surface area contributed by atoms with E-state index in [2.05, 4.69) is 25.5 Å². The minimum absolute atomic E-state index is 0.283. The largest absolute Gasteiger partial charge is 0.493 e. The third kappa shape index (κ3) is 4.32. The molecule has 1 amide bonds. The summed E-state index contributed by atoms with van der Waals surface area (Å²) in [5.41, 5.74) is 4.97. The third-order valence-electron chi connectivity index (χ3n) is 5.68. The molecule has 5 rings (SSSR count). The molecule has 0 fully saturated rings. The molecule has 0 spiro atoms. The highest BCUT2D eigenvalue weighted by atomic mass is 16.5. The van der Waals surface area contributed by atoms with Gasteiger partial charge in [0.1, 0.15) is 23.6 Å². The number of anilines is 1. The van der Waals surface area contributed by atoms with Crippen molar-refractivity contribution in [2.75, 3.05) is 11.9 Å². The number of aromatic nitrogens is 5. The number of amides is 1. The topological polar surface area (TPSA) is 94.8 Å². The molecule has 1 N–H and O–H groups in total. The first kappa shape index (κ1) is 20.8. The molecule has 166 valence electrons. The van der Waals surface area contributed by atoms with Crippen molar-refractivity contribution in [2.45, 2.75) is 33.2 Å². The number of hydrogen-bond donors (Lipinski definition) is 1. The van der Waals surface area contributed by atoms with Gasteiger partial charge in [-0.3, -0.25) is 9.78 Å².